The van der Waals surface area contributed by atoms with E-state index < -0.39 is 0 Å². The van der Waals surface area contributed by atoms with Crippen LogP contribution in [-0.4, -0.2) is 29.1 Å². The molecule has 1 aliphatic rings. The third kappa shape index (κ3) is 3.70. The van der Waals surface area contributed by atoms with Crippen molar-refractivity contribution >= 4 is 5.69 Å². The SMILES string of the molecule is NC1CCCN(c2cncc(OCc3ccncc3)c2)C1. The minimum Gasteiger partial charge on any atom is -0.487 e. The van der Waals surface area contributed by atoms with Gasteiger partial charge in [0.15, 0.2) is 0 Å². The van der Waals surface area contributed by atoms with Crippen LogP contribution in [0.15, 0.2) is 43.0 Å². The van der Waals surface area contributed by atoms with Crippen LogP contribution in [0.3, 0.4) is 0 Å². The lowest BCUT2D eigenvalue weighted by Gasteiger charge is -2.32. The normalized spacial score (nSPS) is 18.5. The van der Waals surface area contributed by atoms with Crippen molar-refractivity contribution in [3.63, 3.8) is 0 Å². The molecule has 2 aromatic rings. The van der Waals surface area contributed by atoms with Crippen LogP contribution in [-0.2, 0) is 6.61 Å². The fourth-order valence-electron chi connectivity index (χ4n) is 2.55. The van der Waals surface area contributed by atoms with Gasteiger partial charge in [0.1, 0.15) is 12.4 Å². The maximum atomic E-state index is 6.04. The van der Waals surface area contributed by atoms with E-state index in [4.69, 9.17) is 10.5 Å². The highest BCUT2D eigenvalue weighted by molar-refractivity contribution is 5.48. The summed E-state index contributed by atoms with van der Waals surface area (Å²) in [6.45, 7) is 2.44. The molecule has 0 spiro atoms. The lowest BCUT2D eigenvalue weighted by atomic mass is 10.1. The number of aromatic nitrogens is 2. The summed E-state index contributed by atoms with van der Waals surface area (Å²) in [6, 6.07) is 6.17. The number of rotatable bonds is 4. The number of hydrogen-bond acceptors (Lipinski definition) is 5. The molecule has 1 unspecified atom stereocenters. The molecule has 2 aromatic heterocycles. The van der Waals surface area contributed by atoms with Gasteiger partial charge >= 0.3 is 0 Å². The fraction of sp³-hybridized carbons (Fsp3) is 0.375. The zero-order chi connectivity index (χ0) is 14.5. The number of nitrogens with two attached hydrogens (primary N) is 1. The zero-order valence-electron chi connectivity index (χ0n) is 12.0. The van der Waals surface area contributed by atoms with E-state index in [1.165, 1.54) is 0 Å². The van der Waals surface area contributed by atoms with E-state index >= 15 is 0 Å². The second-order valence-electron chi connectivity index (χ2n) is 5.37. The van der Waals surface area contributed by atoms with Crippen LogP contribution >= 0.6 is 0 Å². The van der Waals surface area contributed by atoms with Crippen molar-refractivity contribution in [3.05, 3.63) is 48.5 Å². The van der Waals surface area contributed by atoms with Gasteiger partial charge in [-0.25, -0.2) is 0 Å². The van der Waals surface area contributed by atoms with E-state index in [2.05, 4.69) is 14.9 Å². The Bertz CT molecular complexity index is 575. The monoisotopic (exact) mass is 284 g/mol. The molecule has 0 bridgehead atoms. The Morgan fingerprint density at radius 3 is 2.90 bits per heavy atom. The minimum atomic E-state index is 0.250. The first kappa shape index (κ1) is 13.8. The second kappa shape index (κ2) is 6.54. The summed E-state index contributed by atoms with van der Waals surface area (Å²) in [5.41, 5.74) is 8.21. The van der Waals surface area contributed by atoms with Crippen molar-refractivity contribution in [1.82, 2.24) is 9.97 Å². The summed E-state index contributed by atoms with van der Waals surface area (Å²) in [7, 11) is 0. The van der Waals surface area contributed by atoms with Crippen molar-refractivity contribution in [1.29, 1.82) is 0 Å². The van der Waals surface area contributed by atoms with Gasteiger partial charge in [-0.05, 0) is 30.5 Å². The van der Waals surface area contributed by atoms with Crippen LogP contribution in [0.2, 0.25) is 0 Å². The van der Waals surface area contributed by atoms with E-state index in [1.54, 1.807) is 18.6 Å². The predicted molar refractivity (Wildman–Crippen MR) is 82.2 cm³/mol. The molecule has 110 valence electrons. The Morgan fingerprint density at radius 2 is 2.10 bits per heavy atom. The molecule has 0 saturated carbocycles. The molecule has 21 heavy (non-hydrogen) atoms. The molecule has 2 N–H and O–H groups in total. The van der Waals surface area contributed by atoms with Gasteiger partial charge in [0.25, 0.3) is 0 Å². The molecule has 1 atom stereocenters. The van der Waals surface area contributed by atoms with Gasteiger partial charge in [-0.3, -0.25) is 9.97 Å². The van der Waals surface area contributed by atoms with Gasteiger partial charge in [-0.1, -0.05) is 0 Å². The summed E-state index contributed by atoms with van der Waals surface area (Å²) >= 11 is 0. The Kier molecular flexibility index (Phi) is 4.31. The molecule has 3 rings (SSSR count). The summed E-state index contributed by atoms with van der Waals surface area (Å²) in [6.07, 6.45) is 9.38. The molecular formula is C16H20N4O. The highest BCUT2D eigenvalue weighted by Crippen LogP contribution is 2.23. The van der Waals surface area contributed by atoms with Crippen LogP contribution in [0, 0.1) is 0 Å². The van der Waals surface area contributed by atoms with E-state index in [9.17, 15) is 0 Å². The number of piperidine rings is 1. The lowest BCUT2D eigenvalue weighted by molar-refractivity contribution is 0.305. The topological polar surface area (TPSA) is 64.3 Å². The number of pyridine rings is 2. The van der Waals surface area contributed by atoms with Gasteiger partial charge < -0.3 is 15.4 Å². The van der Waals surface area contributed by atoms with Gasteiger partial charge in [0, 0.05) is 37.6 Å². The van der Waals surface area contributed by atoms with E-state index in [0.29, 0.717) is 6.61 Å². The standard InChI is InChI=1S/C16H20N4O/c17-14-2-1-7-20(11-14)15-8-16(10-19-9-15)21-12-13-3-5-18-6-4-13/h3-6,8-10,14H,1-2,7,11-12,17H2. The number of anilines is 1. The molecule has 1 fully saturated rings. The van der Waals surface area contributed by atoms with Gasteiger partial charge in [-0.15, -0.1) is 0 Å². The van der Waals surface area contributed by atoms with Crippen LogP contribution in [0.25, 0.3) is 0 Å². The highest BCUT2D eigenvalue weighted by atomic mass is 16.5. The molecule has 1 aliphatic heterocycles. The summed E-state index contributed by atoms with van der Waals surface area (Å²) < 4.78 is 5.80. The van der Waals surface area contributed by atoms with E-state index in [0.717, 1.165) is 42.9 Å². The first-order chi connectivity index (χ1) is 10.3. The first-order valence-electron chi connectivity index (χ1n) is 7.28. The van der Waals surface area contributed by atoms with Crippen molar-refractivity contribution in [2.45, 2.75) is 25.5 Å². The van der Waals surface area contributed by atoms with Crippen LogP contribution in [0.5, 0.6) is 5.75 Å². The van der Waals surface area contributed by atoms with Gasteiger partial charge in [-0.2, -0.15) is 0 Å². The maximum absolute atomic E-state index is 6.04. The van der Waals surface area contributed by atoms with Crippen molar-refractivity contribution in [2.75, 3.05) is 18.0 Å². The third-order valence-corrected chi connectivity index (χ3v) is 3.68. The lowest BCUT2D eigenvalue weighted by Crippen LogP contribution is -2.42. The van der Waals surface area contributed by atoms with Crippen molar-refractivity contribution < 1.29 is 4.74 Å². The average Bonchev–Trinajstić information content (AvgIpc) is 2.54. The Hall–Kier alpha value is -2.14. The van der Waals surface area contributed by atoms with E-state index in [1.807, 2.05) is 24.4 Å². The van der Waals surface area contributed by atoms with Gasteiger partial charge in [0.05, 0.1) is 18.1 Å². The van der Waals surface area contributed by atoms with Crippen LogP contribution in [0.4, 0.5) is 5.69 Å². The first-order valence-corrected chi connectivity index (χ1v) is 7.28. The summed E-state index contributed by atoms with van der Waals surface area (Å²) in [4.78, 5) is 10.6. The summed E-state index contributed by atoms with van der Waals surface area (Å²) in [5, 5.41) is 0. The Labute approximate surface area is 124 Å². The molecular weight excluding hydrogens is 264 g/mol. The van der Waals surface area contributed by atoms with Crippen LogP contribution < -0.4 is 15.4 Å². The van der Waals surface area contributed by atoms with E-state index in [-0.39, 0.29) is 6.04 Å². The van der Waals surface area contributed by atoms with Crippen LogP contribution in [0.1, 0.15) is 18.4 Å². The third-order valence-electron chi connectivity index (χ3n) is 3.68. The summed E-state index contributed by atoms with van der Waals surface area (Å²) in [5.74, 6) is 0.781. The number of nitrogens with zero attached hydrogens (tertiary/aromatic N) is 3. The molecule has 0 aromatic carbocycles. The predicted octanol–water partition coefficient (Wildman–Crippen LogP) is 1.98. The zero-order valence-corrected chi connectivity index (χ0v) is 12.0. The molecule has 5 heteroatoms. The Morgan fingerprint density at radius 1 is 1.24 bits per heavy atom. The highest BCUT2D eigenvalue weighted by Gasteiger charge is 2.17. The number of ether oxygens (including phenoxy) is 1. The smallest absolute Gasteiger partial charge is 0.140 e. The largest absolute Gasteiger partial charge is 0.487 e. The Balaban J connectivity index is 1.65. The molecule has 5 nitrogen and oxygen atoms in total. The average molecular weight is 284 g/mol. The minimum absolute atomic E-state index is 0.250. The van der Waals surface area contributed by atoms with Crippen molar-refractivity contribution in [2.24, 2.45) is 5.73 Å². The van der Waals surface area contributed by atoms with Crippen molar-refractivity contribution in [3.8, 4) is 5.75 Å². The molecule has 0 radical (unpaired) electrons. The maximum Gasteiger partial charge on any atom is 0.140 e. The second-order valence-corrected chi connectivity index (χ2v) is 5.37. The molecule has 1 saturated heterocycles. The number of hydrogen-bond donors (Lipinski definition) is 1. The molecule has 0 amide bonds. The van der Waals surface area contributed by atoms with Gasteiger partial charge in [0.2, 0.25) is 0 Å². The molecule has 0 aliphatic carbocycles. The quantitative estimate of drug-likeness (QED) is 0.930. The molecule has 3 heterocycles. The fourth-order valence-corrected chi connectivity index (χ4v) is 2.55.